The van der Waals surface area contributed by atoms with Crippen molar-refractivity contribution >= 4 is 23.4 Å². The lowest BCUT2D eigenvalue weighted by molar-refractivity contribution is -0.118. The molecule has 6 nitrogen and oxygen atoms in total. The van der Waals surface area contributed by atoms with Gasteiger partial charge in [0, 0.05) is 17.9 Å². The number of nitrogens with zero attached hydrogens (tertiary/aromatic N) is 4. The lowest BCUT2D eigenvalue weighted by atomic mass is 10.1. The maximum Gasteiger partial charge on any atom is 0.253 e. The number of amides is 1. The standard InChI is InChI=1S/C21H26FN5OS/c1-4-5-6-18-14(2)24-20-25-21(26-27(20)15(18)3)29-13-19(28)23-12-11-16-7-9-17(22)10-8-16/h7-10H,4-6,11-13H2,1-3H3,(H,23,28). The molecule has 1 amide bonds. The lowest BCUT2D eigenvalue weighted by Gasteiger charge is -2.09. The number of hydrogen-bond acceptors (Lipinski definition) is 5. The smallest absolute Gasteiger partial charge is 0.253 e. The van der Waals surface area contributed by atoms with Crippen LogP contribution in [0.5, 0.6) is 0 Å². The van der Waals surface area contributed by atoms with Gasteiger partial charge >= 0.3 is 0 Å². The van der Waals surface area contributed by atoms with Crippen molar-refractivity contribution in [2.75, 3.05) is 12.3 Å². The molecule has 0 saturated heterocycles. The van der Waals surface area contributed by atoms with Crippen LogP contribution in [0.4, 0.5) is 4.39 Å². The number of rotatable bonds is 9. The first kappa shape index (κ1) is 21.2. The second-order valence-corrected chi connectivity index (χ2v) is 7.93. The van der Waals surface area contributed by atoms with Crippen LogP contribution < -0.4 is 5.32 Å². The molecule has 154 valence electrons. The van der Waals surface area contributed by atoms with Crippen LogP contribution in [0.25, 0.3) is 5.78 Å². The Kier molecular flexibility index (Phi) is 7.19. The highest BCUT2D eigenvalue weighted by molar-refractivity contribution is 7.99. The van der Waals surface area contributed by atoms with Crippen LogP contribution in [0.1, 0.15) is 42.3 Å². The van der Waals surface area contributed by atoms with E-state index in [1.807, 2.05) is 13.8 Å². The Balaban J connectivity index is 1.55. The van der Waals surface area contributed by atoms with E-state index < -0.39 is 0 Å². The summed E-state index contributed by atoms with van der Waals surface area (Å²) in [7, 11) is 0. The van der Waals surface area contributed by atoms with Gasteiger partial charge in [-0.15, -0.1) is 5.10 Å². The quantitative estimate of drug-likeness (QED) is 0.540. The molecule has 0 saturated carbocycles. The van der Waals surface area contributed by atoms with Crippen molar-refractivity contribution in [2.45, 2.75) is 51.6 Å². The Morgan fingerprint density at radius 3 is 2.66 bits per heavy atom. The number of benzene rings is 1. The molecule has 3 rings (SSSR count). The molecule has 0 aliphatic heterocycles. The average Bonchev–Trinajstić information content (AvgIpc) is 3.11. The van der Waals surface area contributed by atoms with E-state index in [1.165, 1.54) is 29.5 Å². The topological polar surface area (TPSA) is 72.2 Å². The predicted octanol–water partition coefficient (Wildman–Crippen LogP) is 3.67. The van der Waals surface area contributed by atoms with Crippen molar-refractivity contribution in [3.05, 3.63) is 52.6 Å². The fraction of sp³-hybridized carbons (Fsp3) is 0.429. The number of hydrogen-bond donors (Lipinski definition) is 1. The van der Waals surface area contributed by atoms with Crippen LogP contribution in [-0.4, -0.2) is 37.8 Å². The number of carbonyl (C=O) groups is 1. The molecular weight excluding hydrogens is 389 g/mol. The van der Waals surface area contributed by atoms with E-state index in [0.29, 0.717) is 23.9 Å². The van der Waals surface area contributed by atoms with Gasteiger partial charge in [-0.25, -0.2) is 13.9 Å². The summed E-state index contributed by atoms with van der Waals surface area (Å²) in [6.07, 6.45) is 3.89. The van der Waals surface area contributed by atoms with Crippen LogP contribution in [0.15, 0.2) is 29.4 Å². The third kappa shape index (κ3) is 5.53. The molecule has 2 aromatic heterocycles. The van der Waals surface area contributed by atoms with Crippen molar-refractivity contribution in [3.8, 4) is 0 Å². The van der Waals surface area contributed by atoms with E-state index in [1.54, 1.807) is 16.6 Å². The second kappa shape index (κ2) is 9.82. The van der Waals surface area contributed by atoms with Crippen LogP contribution in [0.3, 0.4) is 0 Å². The number of fused-ring (bicyclic) bond motifs is 1. The molecule has 0 aliphatic carbocycles. The van der Waals surface area contributed by atoms with Gasteiger partial charge < -0.3 is 5.32 Å². The highest BCUT2D eigenvalue weighted by Gasteiger charge is 2.14. The van der Waals surface area contributed by atoms with Crippen LogP contribution in [0, 0.1) is 19.7 Å². The second-order valence-electron chi connectivity index (χ2n) is 6.99. The zero-order chi connectivity index (χ0) is 20.8. The largest absolute Gasteiger partial charge is 0.355 e. The molecule has 0 bridgehead atoms. The lowest BCUT2D eigenvalue weighted by Crippen LogP contribution is -2.27. The normalized spacial score (nSPS) is 11.2. The fourth-order valence-corrected chi connectivity index (χ4v) is 3.79. The van der Waals surface area contributed by atoms with Gasteiger partial charge in [-0.1, -0.05) is 37.2 Å². The van der Waals surface area contributed by atoms with E-state index in [9.17, 15) is 9.18 Å². The summed E-state index contributed by atoms with van der Waals surface area (Å²) in [5, 5.41) is 7.93. The van der Waals surface area contributed by atoms with Crippen LogP contribution >= 0.6 is 11.8 Å². The Morgan fingerprint density at radius 2 is 1.93 bits per heavy atom. The number of carbonyl (C=O) groups excluding carboxylic acids is 1. The predicted molar refractivity (Wildman–Crippen MR) is 113 cm³/mol. The zero-order valence-corrected chi connectivity index (χ0v) is 17.9. The molecule has 0 spiro atoms. The first-order valence-corrected chi connectivity index (χ1v) is 10.8. The van der Waals surface area contributed by atoms with Gasteiger partial charge in [0.15, 0.2) is 0 Å². The van der Waals surface area contributed by atoms with Gasteiger partial charge in [-0.3, -0.25) is 4.79 Å². The summed E-state index contributed by atoms with van der Waals surface area (Å²) in [4.78, 5) is 21.1. The number of unbranched alkanes of at least 4 members (excludes halogenated alkanes) is 1. The van der Waals surface area contributed by atoms with Gasteiger partial charge in [0.1, 0.15) is 5.82 Å². The molecule has 8 heteroatoms. The van der Waals surface area contributed by atoms with E-state index in [-0.39, 0.29) is 17.5 Å². The highest BCUT2D eigenvalue weighted by atomic mass is 32.2. The number of nitrogens with one attached hydrogen (secondary N) is 1. The summed E-state index contributed by atoms with van der Waals surface area (Å²) in [6, 6.07) is 6.30. The molecule has 29 heavy (non-hydrogen) atoms. The van der Waals surface area contributed by atoms with Gasteiger partial charge in [0.2, 0.25) is 11.1 Å². The molecule has 3 aromatic rings. The van der Waals surface area contributed by atoms with E-state index in [4.69, 9.17) is 0 Å². The van der Waals surface area contributed by atoms with Gasteiger partial charge in [-0.2, -0.15) is 4.98 Å². The number of halogens is 1. The maximum atomic E-state index is 12.9. The van der Waals surface area contributed by atoms with E-state index in [2.05, 4.69) is 27.3 Å². The molecule has 0 radical (unpaired) electrons. The molecule has 2 heterocycles. The van der Waals surface area contributed by atoms with Crippen LogP contribution in [0.2, 0.25) is 0 Å². The molecule has 1 aromatic carbocycles. The minimum Gasteiger partial charge on any atom is -0.355 e. The number of thioether (sulfide) groups is 1. The summed E-state index contributed by atoms with van der Waals surface area (Å²) in [5.74, 6) is 0.465. The molecule has 0 aliphatic rings. The van der Waals surface area contributed by atoms with Gasteiger partial charge in [-0.05, 0) is 56.4 Å². The summed E-state index contributed by atoms with van der Waals surface area (Å²) in [6.45, 7) is 6.72. The highest BCUT2D eigenvalue weighted by Crippen LogP contribution is 2.19. The van der Waals surface area contributed by atoms with Crippen LogP contribution in [-0.2, 0) is 17.6 Å². The summed E-state index contributed by atoms with van der Waals surface area (Å²) >= 11 is 1.30. The van der Waals surface area contributed by atoms with Gasteiger partial charge in [0.25, 0.3) is 5.78 Å². The molecule has 0 unspecified atom stereocenters. The fourth-order valence-electron chi connectivity index (χ4n) is 3.14. The minimum absolute atomic E-state index is 0.0829. The van der Waals surface area contributed by atoms with E-state index in [0.717, 1.165) is 36.2 Å². The molecular formula is C21H26FN5OS. The monoisotopic (exact) mass is 415 g/mol. The molecule has 1 N–H and O–H groups in total. The third-order valence-electron chi connectivity index (χ3n) is 4.79. The Bertz CT molecular complexity index is 987. The Morgan fingerprint density at radius 1 is 1.17 bits per heavy atom. The SMILES string of the molecule is CCCCc1c(C)nc2nc(SCC(=O)NCCc3ccc(F)cc3)nn2c1C. The average molecular weight is 416 g/mol. The van der Waals surface area contributed by atoms with Crippen molar-refractivity contribution < 1.29 is 9.18 Å². The van der Waals surface area contributed by atoms with Crippen molar-refractivity contribution in [1.82, 2.24) is 24.9 Å². The Labute approximate surface area is 174 Å². The van der Waals surface area contributed by atoms with Crippen molar-refractivity contribution in [3.63, 3.8) is 0 Å². The molecule has 0 fully saturated rings. The summed E-state index contributed by atoms with van der Waals surface area (Å²) < 4.78 is 14.7. The van der Waals surface area contributed by atoms with Crippen molar-refractivity contribution in [1.29, 1.82) is 0 Å². The minimum atomic E-state index is -0.258. The van der Waals surface area contributed by atoms with Gasteiger partial charge in [0.05, 0.1) is 5.75 Å². The first-order valence-electron chi connectivity index (χ1n) is 9.84. The zero-order valence-electron chi connectivity index (χ0n) is 17.0. The first-order chi connectivity index (χ1) is 14.0. The Hall–Kier alpha value is -2.48. The number of aromatic nitrogens is 4. The molecule has 0 atom stereocenters. The summed E-state index contributed by atoms with van der Waals surface area (Å²) in [5.41, 5.74) is 4.26. The third-order valence-corrected chi connectivity index (χ3v) is 5.63. The maximum absolute atomic E-state index is 12.9. The number of aryl methyl sites for hydroxylation is 2. The van der Waals surface area contributed by atoms with E-state index >= 15 is 0 Å². The van der Waals surface area contributed by atoms with Crippen molar-refractivity contribution in [2.24, 2.45) is 0 Å².